The minimum atomic E-state index is -0.259. The van der Waals surface area contributed by atoms with Gasteiger partial charge < -0.3 is 4.74 Å². The van der Waals surface area contributed by atoms with Crippen molar-refractivity contribution in [2.45, 2.75) is 31.6 Å². The van der Waals surface area contributed by atoms with Crippen LogP contribution in [0.15, 0.2) is 48.5 Å². The summed E-state index contributed by atoms with van der Waals surface area (Å²) in [6, 6.07) is 15.6. The molecule has 0 amide bonds. The minimum absolute atomic E-state index is 0.157. The summed E-state index contributed by atoms with van der Waals surface area (Å²) in [7, 11) is 0. The third-order valence-electron chi connectivity index (χ3n) is 4.98. The zero-order valence-electron chi connectivity index (χ0n) is 12.6. The number of hydrogen-bond acceptors (Lipinski definition) is 2. The molecule has 2 aromatic carbocycles. The van der Waals surface area contributed by atoms with Gasteiger partial charge in [0.05, 0.1) is 12.2 Å². The fourth-order valence-electron chi connectivity index (χ4n) is 3.72. The highest BCUT2D eigenvalue weighted by Crippen LogP contribution is 2.44. The Kier molecular flexibility index (Phi) is 3.47. The van der Waals surface area contributed by atoms with Crippen LogP contribution in [0.3, 0.4) is 0 Å². The van der Waals surface area contributed by atoms with E-state index in [1.807, 2.05) is 12.1 Å². The molecular formula is C19H20FNO. The molecule has 4 rings (SSSR count). The van der Waals surface area contributed by atoms with Crippen LogP contribution in [0.2, 0.25) is 0 Å². The van der Waals surface area contributed by atoms with Crippen molar-refractivity contribution >= 4 is 0 Å². The third kappa shape index (κ3) is 2.44. The van der Waals surface area contributed by atoms with E-state index in [9.17, 15) is 4.39 Å². The van der Waals surface area contributed by atoms with Crippen molar-refractivity contribution < 1.29 is 9.13 Å². The van der Waals surface area contributed by atoms with Crippen molar-refractivity contribution in [1.82, 2.24) is 4.90 Å². The highest BCUT2D eigenvalue weighted by molar-refractivity contribution is 5.36. The maximum absolute atomic E-state index is 13.6. The lowest BCUT2D eigenvalue weighted by atomic mass is 9.83. The van der Waals surface area contributed by atoms with E-state index in [1.54, 1.807) is 6.07 Å². The van der Waals surface area contributed by atoms with E-state index in [4.69, 9.17) is 4.74 Å². The van der Waals surface area contributed by atoms with Gasteiger partial charge in [-0.2, -0.15) is 0 Å². The summed E-state index contributed by atoms with van der Waals surface area (Å²) < 4.78 is 19.7. The summed E-state index contributed by atoms with van der Waals surface area (Å²) >= 11 is 0. The number of likely N-dealkylation sites (tertiary alicyclic amines) is 1. The van der Waals surface area contributed by atoms with Gasteiger partial charge in [-0.15, -0.1) is 0 Å². The average molecular weight is 297 g/mol. The molecule has 1 saturated heterocycles. The Balaban J connectivity index is 1.48. The predicted octanol–water partition coefficient (Wildman–Crippen LogP) is 3.85. The molecule has 0 unspecified atom stereocenters. The zero-order valence-corrected chi connectivity index (χ0v) is 12.6. The first-order valence-electron chi connectivity index (χ1n) is 7.94. The molecule has 0 bridgehead atoms. The first-order chi connectivity index (χ1) is 10.8. The van der Waals surface area contributed by atoms with Gasteiger partial charge in [-0.3, -0.25) is 4.90 Å². The monoisotopic (exact) mass is 297 g/mol. The van der Waals surface area contributed by atoms with Crippen LogP contribution >= 0.6 is 0 Å². The van der Waals surface area contributed by atoms with Gasteiger partial charge in [-0.25, -0.2) is 4.39 Å². The van der Waals surface area contributed by atoms with Gasteiger partial charge in [0, 0.05) is 19.6 Å². The van der Waals surface area contributed by atoms with Crippen molar-refractivity contribution in [3.63, 3.8) is 0 Å². The first kappa shape index (κ1) is 13.9. The van der Waals surface area contributed by atoms with Gasteiger partial charge in [-0.05, 0) is 41.7 Å². The van der Waals surface area contributed by atoms with Crippen LogP contribution in [0.25, 0.3) is 0 Å². The van der Waals surface area contributed by atoms with Gasteiger partial charge in [0.25, 0.3) is 0 Å². The number of piperidine rings is 1. The Morgan fingerprint density at radius 3 is 2.59 bits per heavy atom. The van der Waals surface area contributed by atoms with Crippen LogP contribution in [0.4, 0.5) is 4.39 Å². The lowest BCUT2D eigenvalue weighted by Crippen LogP contribution is -2.42. The molecule has 1 fully saturated rings. The fourth-order valence-corrected chi connectivity index (χ4v) is 3.72. The Hall–Kier alpha value is -1.71. The summed E-state index contributed by atoms with van der Waals surface area (Å²) in [5, 5.41) is 0. The van der Waals surface area contributed by atoms with Crippen molar-refractivity contribution in [3.05, 3.63) is 71.0 Å². The standard InChI is InChI=1S/C19H20FNO/c20-17-7-6-16-14-22-19(18(16)12-17)8-10-21(11-9-19)13-15-4-2-1-3-5-15/h1-7,12H,8-11,13-14H2. The molecule has 0 aromatic heterocycles. The molecule has 2 aliphatic rings. The molecule has 114 valence electrons. The summed E-state index contributed by atoms with van der Waals surface area (Å²) in [4.78, 5) is 2.46. The summed E-state index contributed by atoms with van der Waals surface area (Å²) in [5.74, 6) is -0.157. The molecule has 0 radical (unpaired) electrons. The molecule has 2 nitrogen and oxygen atoms in total. The molecule has 2 aliphatic heterocycles. The Bertz CT molecular complexity index is 662. The number of halogens is 1. The highest BCUT2D eigenvalue weighted by atomic mass is 19.1. The lowest BCUT2D eigenvalue weighted by molar-refractivity contribution is -0.0800. The van der Waals surface area contributed by atoms with Gasteiger partial charge >= 0.3 is 0 Å². The van der Waals surface area contributed by atoms with Crippen molar-refractivity contribution in [2.24, 2.45) is 0 Å². The van der Waals surface area contributed by atoms with E-state index in [0.717, 1.165) is 43.6 Å². The minimum Gasteiger partial charge on any atom is -0.365 e. The second kappa shape index (κ2) is 5.49. The molecule has 0 saturated carbocycles. The second-order valence-electron chi connectivity index (χ2n) is 6.35. The number of ether oxygens (including phenoxy) is 1. The number of fused-ring (bicyclic) bond motifs is 2. The Morgan fingerprint density at radius 2 is 1.82 bits per heavy atom. The molecule has 22 heavy (non-hydrogen) atoms. The fraction of sp³-hybridized carbons (Fsp3) is 0.368. The van der Waals surface area contributed by atoms with E-state index in [0.29, 0.717) is 6.61 Å². The van der Waals surface area contributed by atoms with Crippen LogP contribution in [-0.4, -0.2) is 18.0 Å². The van der Waals surface area contributed by atoms with Crippen molar-refractivity contribution in [1.29, 1.82) is 0 Å². The topological polar surface area (TPSA) is 12.5 Å². The van der Waals surface area contributed by atoms with Crippen molar-refractivity contribution in [2.75, 3.05) is 13.1 Å². The normalized spacial score (nSPS) is 20.2. The van der Waals surface area contributed by atoms with Gasteiger partial charge in [0.1, 0.15) is 5.82 Å². The van der Waals surface area contributed by atoms with Crippen LogP contribution in [-0.2, 0) is 23.5 Å². The quantitative estimate of drug-likeness (QED) is 0.835. The molecule has 2 heterocycles. The van der Waals surface area contributed by atoms with E-state index >= 15 is 0 Å². The van der Waals surface area contributed by atoms with Crippen LogP contribution in [0.5, 0.6) is 0 Å². The molecule has 0 atom stereocenters. The predicted molar refractivity (Wildman–Crippen MR) is 83.8 cm³/mol. The first-order valence-corrected chi connectivity index (χ1v) is 7.94. The van der Waals surface area contributed by atoms with E-state index in [1.165, 1.54) is 11.6 Å². The summed E-state index contributed by atoms with van der Waals surface area (Å²) in [5.41, 5.74) is 3.31. The summed E-state index contributed by atoms with van der Waals surface area (Å²) in [6.45, 7) is 3.58. The molecule has 1 spiro atoms. The van der Waals surface area contributed by atoms with E-state index in [-0.39, 0.29) is 11.4 Å². The Morgan fingerprint density at radius 1 is 1.05 bits per heavy atom. The van der Waals surface area contributed by atoms with E-state index in [2.05, 4.69) is 29.2 Å². The van der Waals surface area contributed by atoms with Gasteiger partial charge in [0.15, 0.2) is 0 Å². The average Bonchev–Trinajstić information content (AvgIpc) is 2.89. The lowest BCUT2D eigenvalue weighted by Gasteiger charge is -2.39. The zero-order chi connectivity index (χ0) is 15.0. The number of hydrogen-bond donors (Lipinski definition) is 0. The molecule has 0 aliphatic carbocycles. The summed E-state index contributed by atoms with van der Waals surface area (Å²) in [6.07, 6.45) is 1.88. The number of rotatable bonds is 2. The van der Waals surface area contributed by atoms with Crippen LogP contribution < -0.4 is 0 Å². The number of benzene rings is 2. The van der Waals surface area contributed by atoms with E-state index < -0.39 is 0 Å². The molecule has 0 N–H and O–H groups in total. The molecule has 2 aromatic rings. The van der Waals surface area contributed by atoms with Gasteiger partial charge in [0.2, 0.25) is 0 Å². The molecular weight excluding hydrogens is 277 g/mol. The highest BCUT2D eigenvalue weighted by Gasteiger charge is 2.42. The third-order valence-corrected chi connectivity index (χ3v) is 4.98. The van der Waals surface area contributed by atoms with Gasteiger partial charge in [-0.1, -0.05) is 36.4 Å². The van der Waals surface area contributed by atoms with Crippen LogP contribution in [0, 0.1) is 5.82 Å². The second-order valence-corrected chi connectivity index (χ2v) is 6.35. The Labute approximate surface area is 130 Å². The number of nitrogens with zero attached hydrogens (tertiary/aromatic N) is 1. The maximum atomic E-state index is 13.6. The SMILES string of the molecule is Fc1ccc2c(c1)C1(CCN(Cc3ccccc3)CC1)OC2. The maximum Gasteiger partial charge on any atom is 0.123 e. The largest absolute Gasteiger partial charge is 0.365 e. The molecule has 3 heteroatoms. The smallest absolute Gasteiger partial charge is 0.123 e. The van der Waals surface area contributed by atoms with Crippen LogP contribution in [0.1, 0.15) is 29.5 Å². The van der Waals surface area contributed by atoms with Crippen molar-refractivity contribution in [3.8, 4) is 0 Å².